The average Bonchev–Trinajstić information content (AvgIpc) is 3.11. The summed E-state index contributed by atoms with van der Waals surface area (Å²) in [6, 6.07) is 10.7. The van der Waals surface area contributed by atoms with Crippen LogP contribution in [0.3, 0.4) is 0 Å². The number of nitrogens with one attached hydrogen (secondary N) is 1. The van der Waals surface area contributed by atoms with Crippen LogP contribution in [0.1, 0.15) is 49.6 Å². The van der Waals surface area contributed by atoms with E-state index >= 15 is 0 Å². The Bertz CT molecular complexity index is 763. The van der Waals surface area contributed by atoms with Crippen LogP contribution in [0.15, 0.2) is 34.9 Å². The number of benzene rings is 1. The average molecular weight is 370 g/mol. The first-order valence-electron chi connectivity index (χ1n) is 9.71. The van der Waals surface area contributed by atoms with Crippen molar-refractivity contribution in [3.8, 4) is 0 Å². The van der Waals surface area contributed by atoms with Gasteiger partial charge in [-0.15, -0.1) is 0 Å². The Kier molecular flexibility index (Phi) is 6.04. The van der Waals surface area contributed by atoms with Crippen molar-refractivity contribution in [1.29, 1.82) is 0 Å². The third-order valence-corrected chi connectivity index (χ3v) is 5.08. The molecule has 6 nitrogen and oxygen atoms in total. The van der Waals surface area contributed by atoms with Gasteiger partial charge in [0.15, 0.2) is 0 Å². The second-order valence-electron chi connectivity index (χ2n) is 7.78. The van der Waals surface area contributed by atoms with E-state index in [4.69, 9.17) is 4.52 Å². The van der Waals surface area contributed by atoms with E-state index in [0.717, 1.165) is 37.4 Å². The summed E-state index contributed by atoms with van der Waals surface area (Å²) in [5.74, 6) is 1.14. The SMILES string of the molecule is Cc1cccc(N2CCC(NC(=O)N(C)Cc3cc(C(C)C)on3)CC2)c1. The summed E-state index contributed by atoms with van der Waals surface area (Å²) in [6.45, 7) is 8.60. The molecule has 0 unspecified atom stereocenters. The van der Waals surface area contributed by atoms with Crippen molar-refractivity contribution in [3.63, 3.8) is 0 Å². The summed E-state index contributed by atoms with van der Waals surface area (Å²) in [5, 5.41) is 7.21. The van der Waals surface area contributed by atoms with Gasteiger partial charge in [0.05, 0.1) is 6.54 Å². The van der Waals surface area contributed by atoms with Crippen molar-refractivity contribution in [1.82, 2.24) is 15.4 Å². The number of carbonyl (C=O) groups excluding carboxylic acids is 1. The van der Waals surface area contributed by atoms with Gasteiger partial charge in [-0.1, -0.05) is 31.1 Å². The third kappa shape index (κ3) is 5.02. The molecule has 0 radical (unpaired) electrons. The smallest absolute Gasteiger partial charge is 0.317 e. The zero-order valence-electron chi connectivity index (χ0n) is 16.7. The van der Waals surface area contributed by atoms with Crippen molar-refractivity contribution in [2.24, 2.45) is 0 Å². The van der Waals surface area contributed by atoms with Gasteiger partial charge < -0.3 is 19.6 Å². The number of piperidine rings is 1. The Morgan fingerprint density at radius 2 is 2.07 bits per heavy atom. The molecule has 1 aromatic carbocycles. The second-order valence-corrected chi connectivity index (χ2v) is 7.78. The summed E-state index contributed by atoms with van der Waals surface area (Å²) in [7, 11) is 1.79. The first-order valence-corrected chi connectivity index (χ1v) is 9.71. The monoisotopic (exact) mass is 370 g/mol. The number of aromatic nitrogens is 1. The lowest BCUT2D eigenvalue weighted by Gasteiger charge is -2.34. The molecule has 0 saturated carbocycles. The van der Waals surface area contributed by atoms with Crippen molar-refractivity contribution >= 4 is 11.7 Å². The highest BCUT2D eigenvalue weighted by molar-refractivity contribution is 5.74. The maximum Gasteiger partial charge on any atom is 0.317 e. The first-order chi connectivity index (χ1) is 12.9. The van der Waals surface area contributed by atoms with Crippen LogP contribution in [0.25, 0.3) is 0 Å². The van der Waals surface area contributed by atoms with Crippen LogP contribution >= 0.6 is 0 Å². The highest BCUT2D eigenvalue weighted by Crippen LogP contribution is 2.21. The predicted octanol–water partition coefficient (Wildman–Crippen LogP) is 3.92. The number of anilines is 1. The van der Waals surface area contributed by atoms with Crippen molar-refractivity contribution in [2.75, 3.05) is 25.0 Å². The fourth-order valence-corrected chi connectivity index (χ4v) is 3.38. The van der Waals surface area contributed by atoms with Crippen molar-refractivity contribution < 1.29 is 9.32 Å². The molecule has 2 heterocycles. The van der Waals surface area contributed by atoms with E-state index in [1.54, 1.807) is 11.9 Å². The quantitative estimate of drug-likeness (QED) is 0.867. The lowest BCUT2D eigenvalue weighted by atomic mass is 10.0. The lowest BCUT2D eigenvalue weighted by molar-refractivity contribution is 0.199. The highest BCUT2D eigenvalue weighted by atomic mass is 16.5. The Labute approximate surface area is 161 Å². The number of aryl methyl sites for hydroxylation is 1. The summed E-state index contributed by atoms with van der Waals surface area (Å²) in [6.07, 6.45) is 1.91. The summed E-state index contributed by atoms with van der Waals surface area (Å²) < 4.78 is 5.30. The Morgan fingerprint density at radius 1 is 1.33 bits per heavy atom. The van der Waals surface area contributed by atoms with E-state index in [1.165, 1.54) is 11.3 Å². The molecule has 0 bridgehead atoms. The molecule has 0 atom stereocenters. The van der Waals surface area contributed by atoms with E-state index in [0.29, 0.717) is 12.5 Å². The van der Waals surface area contributed by atoms with Crippen molar-refractivity contribution in [2.45, 2.75) is 52.1 Å². The zero-order chi connectivity index (χ0) is 19.4. The molecule has 0 spiro atoms. The lowest BCUT2D eigenvalue weighted by Crippen LogP contribution is -2.48. The topological polar surface area (TPSA) is 61.6 Å². The number of amides is 2. The molecule has 1 aliphatic rings. The minimum absolute atomic E-state index is 0.0573. The molecule has 1 saturated heterocycles. The predicted molar refractivity (Wildman–Crippen MR) is 107 cm³/mol. The van der Waals surface area contributed by atoms with Crippen LogP contribution in [0, 0.1) is 6.92 Å². The van der Waals surface area contributed by atoms with Gasteiger partial charge in [-0.2, -0.15) is 0 Å². The Hall–Kier alpha value is -2.50. The fraction of sp³-hybridized carbons (Fsp3) is 0.524. The Morgan fingerprint density at radius 3 is 2.70 bits per heavy atom. The second kappa shape index (κ2) is 8.46. The highest BCUT2D eigenvalue weighted by Gasteiger charge is 2.22. The van der Waals surface area contributed by atoms with Crippen LogP contribution in [0.4, 0.5) is 10.5 Å². The molecule has 146 valence electrons. The maximum absolute atomic E-state index is 12.5. The number of rotatable bonds is 5. The zero-order valence-corrected chi connectivity index (χ0v) is 16.7. The minimum atomic E-state index is -0.0573. The van der Waals surface area contributed by atoms with E-state index in [1.807, 2.05) is 6.07 Å². The molecule has 2 amide bonds. The molecule has 1 aromatic heterocycles. The van der Waals surface area contributed by atoms with Crippen LogP contribution < -0.4 is 10.2 Å². The van der Waals surface area contributed by atoms with Crippen LogP contribution in [0.5, 0.6) is 0 Å². The van der Waals surface area contributed by atoms with E-state index in [9.17, 15) is 4.79 Å². The van der Waals surface area contributed by atoms with E-state index < -0.39 is 0 Å². The van der Waals surface area contributed by atoms with Gasteiger partial charge in [0.2, 0.25) is 0 Å². The van der Waals surface area contributed by atoms with Gasteiger partial charge in [0.25, 0.3) is 0 Å². The van der Waals surface area contributed by atoms with Crippen LogP contribution in [-0.4, -0.2) is 42.3 Å². The fourth-order valence-electron chi connectivity index (χ4n) is 3.38. The first kappa shape index (κ1) is 19.3. The van der Waals surface area contributed by atoms with E-state index in [-0.39, 0.29) is 12.1 Å². The van der Waals surface area contributed by atoms with Crippen LogP contribution in [0.2, 0.25) is 0 Å². The molecule has 6 heteroatoms. The van der Waals surface area contributed by atoms with Gasteiger partial charge in [-0.3, -0.25) is 0 Å². The number of hydrogen-bond acceptors (Lipinski definition) is 4. The third-order valence-electron chi connectivity index (χ3n) is 5.08. The van der Waals surface area contributed by atoms with Gasteiger partial charge in [0, 0.05) is 43.9 Å². The standard InChI is InChI=1S/C21H30N4O2/c1-15(2)20-13-18(23-27-20)14-24(4)21(26)22-17-8-10-25(11-9-17)19-7-5-6-16(3)12-19/h5-7,12-13,15,17H,8-11,14H2,1-4H3,(H,22,26). The summed E-state index contributed by atoms with van der Waals surface area (Å²) >= 11 is 0. The number of urea groups is 1. The Balaban J connectivity index is 1.47. The molecule has 1 fully saturated rings. The number of carbonyl (C=O) groups is 1. The molecular formula is C21H30N4O2. The van der Waals surface area contributed by atoms with Crippen molar-refractivity contribution in [3.05, 3.63) is 47.3 Å². The van der Waals surface area contributed by atoms with Gasteiger partial charge >= 0.3 is 6.03 Å². The van der Waals surface area contributed by atoms with Gasteiger partial charge in [0.1, 0.15) is 11.5 Å². The molecule has 1 aliphatic heterocycles. The number of hydrogen-bond donors (Lipinski definition) is 1. The largest absolute Gasteiger partial charge is 0.371 e. The number of nitrogens with zero attached hydrogens (tertiary/aromatic N) is 3. The minimum Gasteiger partial charge on any atom is -0.371 e. The normalized spacial score (nSPS) is 15.2. The molecule has 2 aromatic rings. The summed E-state index contributed by atoms with van der Waals surface area (Å²) in [5.41, 5.74) is 3.33. The molecule has 3 rings (SSSR count). The van der Waals surface area contributed by atoms with E-state index in [2.05, 4.69) is 60.4 Å². The summed E-state index contributed by atoms with van der Waals surface area (Å²) in [4.78, 5) is 16.5. The maximum atomic E-state index is 12.5. The molecular weight excluding hydrogens is 340 g/mol. The van der Waals surface area contributed by atoms with Gasteiger partial charge in [-0.25, -0.2) is 4.79 Å². The molecule has 1 N–H and O–H groups in total. The van der Waals surface area contributed by atoms with Crippen LogP contribution in [-0.2, 0) is 6.54 Å². The van der Waals surface area contributed by atoms with Gasteiger partial charge in [-0.05, 0) is 37.5 Å². The molecule has 0 aliphatic carbocycles. The molecule has 27 heavy (non-hydrogen) atoms.